The normalized spacial score (nSPS) is 11.3. The quantitative estimate of drug-likeness (QED) is 0.494. The first-order chi connectivity index (χ1) is 8.97. The summed E-state index contributed by atoms with van der Waals surface area (Å²) in [6.07, 6.45) is 0. The average Bonchev–Trinajstić information content (AvgIpc) is 2.75. The topological polar surface area (TPSA) is 60.4 Å². The van der Waals surface area contributed by atoms with Crippen LogP contribution in [0.3, 0.4) is 0 Å². The minimum absolute atomic E-state index is 0.127. The van der Waals surface area contributed by atoms with E-state index in [1.165, 1.54) is 13.0 Å². The Kier molecular flexibility index (Phi) is 2.35. The highest BCUT2D eigenvalue weighted by Gasteiger charge is 2.15. The highest BCUT2D eigenvalue weighted by Crippen LogP contribution is 2.31. The summed E-state index contributed by atoms with van der Waals surface area (Å²) in [6.45, 7) is 5.13. The third kappa shape index (κ3) is 1.68. The lowest BCUT2D eigenvalue weighted by Gasteiger charge is -2.03. The summed E-state index contributed by atoms with van der Waals surface area (Å²) in [5.41, 5.74) is 2.31. The summed E-state index contributed by atoms with van der Waals surface area (Å²) < 4.78 is 10.8. The van der Waals surface area contributed by atoms with Gasteiger partial charge < -0.3 is 8.83 Å². The predicted octanol–water partition coefficient (Wildman–Crippen LogP) is 3.36. The Morgan fingerprint density at radius 3 is 2.47 bits per heavy atom. The Morgan fingerprint density at radius 2 is 1.79 bits per heavy atom. The molecular formula is C15H12O4. The van der Waals surface area contributed by atoms with E-state index >= 15 is 0 Å². The zero-order valence-corrected chi connectivity index (χ0v) is 10.9. The Bertz CT molecular complexity index is 880. The summed E-state index contributed by atoms with van der Waals surface area (Å²) in [6, 6.07) is 5.06. The van der Waals surface area contributed by atoms with Crippen molar-refractivity contribution >= 4 is 27.7 Å². The maximum atomic E-state index is 11.5. The van der Waals surface area contributed by atoms with Crippen LogP contribution in [0.2, 0.25) is 0 Å². The molecule has 3 rings (SSSR count). The number of hydrogen-bond donors (Lipinski definition) is 0. The van der Waals surface area contributed by atoms with Gasteiger partial charge in [0, 0.05) is 29.3 Å². The Balaban J connectivity index is 2.52. The van der Waals surface area contributed by atoms with Crippen molar-refractivity contribution in [1.82, 2.24) is 0 Å². The third-order valence-electron chi connectivity index (χ3n) is 3.30. The maximum Gasteiger partial charge on any atom is 0.336 e. The first-order valence-electron chi connectivity index (χ1n) is 5.96. The molecule has 0 amide bonds. The summed E-state index contributed by atoms with van der Waals surface area (Å²) in [5.74, 6) is 0.186. The van der Waals surface area contributed by atoms with Crippen molar-refractivity contribution in [3.05, 3.63) is 45.5 Å². The molecule has 3 aromatic rings. The van der Waals surface area contributed by atoms with Crippen LogP contribution in [0.15, 0.2) is 31.8 Å². The molecule has 2 aromatic heterocycles. The molecule has 1 aromatic carbocycles. The van der Waals surface area contributed by atoms with Crippen molar-refractivity contribution in [3.63, 3.8) is 0 Å². The molecule has 19 heavy (non-hydrogen) atoms. The number of carbonyl (C=O) groups excluding carboxylic acids is 1. The van der Waals surface area contributed by atoms with Crippen LogP contribution in [-0.2, 0) is 0 Å². The molecule has 0 fully saturated rings. The number of furan rings is 1. The van der Waals surface area contributed by atoms with Gasteiger partial charge in [-0.05, 0) is 31.5 Å². The number of rotatable bonds is 1. The summed E-state index contributed by atoms with van der Waals surface area (Å²) in [4.78, 5) is 22.8. The summed E-state index contributed by atoms with van der Waals surface area (Å²) in [5, 5.41) is 1.70. The van der Waals surface area contributed by atoms with E-state index in [4.69, 9.17) is 8.83 Å². The van der Waals surface area contributed by atoms with Crippen molar-refractivity contribution in [2.45, 2.75) is 20.8 Å². The van der Waals surface area contributed by atoms with E-state index < -0.39 is 0 Å². The second-order valence-electron chi connectivity index (χ2n) is 4.71. The molecule has 4 nitrogen and oxygen atoms in total. The first kappa shape index (κ1) is 11.7. The fourth-order valence-corrected chi connectivity index (χ4v) is 2.31. The molecular weight excluding hydrogens is 244 g/mol. The lowest BCUT2D eigenvalue weighted by Crippen LogP contribution is -1.98. The van der Waals surface area contributed by atoms with E-state index in [0.29, 0.717) is 16.9 Å². The molecule has 0 spiro atoms. The molecule has 0 saturated carbocycles. The van der Waals surface area contributed by atoms with Gasteiger partial charge in [0.1, 0.15) is 11.2 Å². The van der Waals surface area contributed by atoms with Gasteiger partial charge >= 0.3 is 5.63 Å². The van der Waals surface area contributed by atoms with Crippen LogP contribution >= 0.6 is 0 Å². The molecule has 0 N–H and O–H groups in total. The zero-order valence-electron chi connectivity index (χ0n) is 10.9. The predicted molar refractivity (Wildman–Crippen MR) is 71.7 cm³/mol. The van der Waals surface area contributed by atoms with Crippen molar-refractivity contribution in [2.75, 3.05) is 0 Å². The molecule has 4 heteroatoms. The minimum atomic E-state index is -0.384. The largest absolute Gasteiger partial charge is 0.453 e. The molecule has 0 aliphatic carbocycles. The van der Waals surface area contributed by atoms with Gasteiger partial charge in [0.05, 0.1) is 0 Å². The zero-order chi connectivity index (χ0) is 13.7. The van der Waals surface area contributed by atoms with E-state index in [0.717, 1.165) is 21.9 Å². The van der Waals surface area contributed by atoms with Crippen LogP contribution in [0, 0.1) is 13.8 Å². The number of hydrogen-bond acceptors (Lipinski definition) is 4. The van der Waals surface area contributed by atoms with Crippen LogP contribution in [0.1, 0.15) is 28.6 Å². The highest BCUT2D eigenvalue weighted by molar-refractivity contribution is 6.02. The van der Waals surface area contributed by atoms with Gasteiger partial charge in [-0.3, -0.25) is 4.79 Å². The number of ketones is 1. The first-order valence-corrected chi connectivity index (χ1v) is 5.96. The standard InChI is InChI=1S/C15H12O4/c1-7-4-13(17)19-15-8(2)14-10(5-11(7)15)6-12(18-14)9(3)16/h4-6H,1-3H3. The minimum Gasteiger partial charge on any atom is -0.453 e. The fourth-order valence-electron chi connectivity index (χ4n) is 2.31. The van der Waals surface area contributed by atoms with Crippen LogP contribution in [0.4, 0.5) is 0 Å². The van der Waals surface area contributed by atoms with Gasteiger partial charge in [-0.25, -0.2) is 4.79 Å². The summed E-state index contributed by atoms with van der Waals surface area (Å²) in [7, 11) is 0. The van der Waals surface area contributed by atoms with Crippen LogP contribution in [0.5, 0.6) is 0 Å². The van der Waals surface area contributed by atoms with E-state index in [2.05, 4.69) is 0 Å². The molecule has 0 unspecified atom stereocenters. The number of Topliss-reactive ketones (excluding diaryl/α,β-unsaturated/α-hetero) is 1. The Hall–Kier alpha value is -2.36. The van der Waals surface area contributed by atoms with Gasteiger partial charge in [0.2, 0.25) is 0 Å². The van der Waals surface area contributed by atoms with Gasteiger partial charge in [-0.2, -0.15) is 0 Å². The molecule has 0 aliphatic heterocycles. The number of fused-ring (bicyclic) bond motifs is 2. The molecule has 0 saturated heterocycles. The van der Waals surface area contributed by atoms with Crippen LogP contribution < -0.4 is 5.63 Å². The molecule has 0 radical (unpaired) electrons. The second-order valence-corrected chi connectivity index (χ2v) is 4.71. The Morgan fingerprint density at radius 1 is 1.05 bits per heavy atom. The number of carbonyl (C=O) groups is 1. The van der Waals surface area contributed by atoms with Crippen LogP contribution in [-0.4, -0.2) is 5.78 Å². The van der Waals surface area contributed by atoms with Gasteiger partial charge in [-0.15, -0.1) is 0 Å². The lowest BCUT2D eigenvalue weighted by molar-refractivity contribution is 0.0989. The molecule has 0 aliphatic rings. The van der Waals surface area contributed by atoms with Crippen molar-refractivity contribution in [2.24, 2.45) is 0 Å². The van der Waals surface area contributed by atoms with E-state index in [1.54, 1.807) is 6.07 Å². The molecule has 2 heterocycles. The van der Waals surface area contributed by atoms with Crippen molar-refractivity contribution in [3.8, 4) is 0 Å². The second kappa shape index (κ2) is 3.82. The maximum absolute atomic E-state index is 11.5. The number of aryl methyl sites for hydroxylation is 2. The lowest BCUT2D eigenvalue weighted by atomic mass is 10.1. The van der Waals surface area contributed by atoms with Crippen molar-refractivity contribution in [1.29, 1.82) is 0 Å². The fraction of sp³-hybridized carbons (Fsp3) is 0.200. The van der Waals surface area contributed by atoms with E-state index in [-0.39, 0.29) is 11.4 Å². The highest BCUT2D eigenvalue weighted by atomic mass is 16.4. The van der Waals surface area contributed by atoms with Crippen LogP contribution in [0.25, 0.3) is 21.9 Å². The van der Waals surface area contributed by atoms with Gasteiger partial charge in [0.25, 0.3) is 0 Å². The van der Waals surface area contributed by atoms with Crippen molar-refractivity contribution < 1.29 is 13.6 Å². The SMILES string of the molecule is CC(=O)c1cc2cc3c(C)cc(=O)oc3c(C)c2o1. The molecule has 0 atom stereocenters. The van der Waals surface area contributed by atoms with Gasteiger partial charge in [0.15, 0.2) is 11.5 Å². The Labute approximate surface area is 108 Å². The molecule has 96 valence electrons. The number of benzene rings is 1. The summed E-state index contributed by atoms with van der Waals surface area (Å²) >= 11 is 0. The monoisotopic (exact) mass is 256 g/mol. The van der Waals surface area contributed by atoms with Gasteiger partial charge in [-0.1, -0.05) is 0 Å². The van der Waals surface area contributed by atoms with E-state index in [1.807, 2.05) is 19.9 Å². The molecule has 0 bridgehead atoms. The third-order valence-corrected chi connectivity index (χ3v) is 3.30. The van der Waals surface area contributed by atoms with E-state index in [9.17, 15) is 9.59 Å². The average molecular weight is 256 g/mol. The smallest absolute Gasteiger partial charge is 0.336 e.